The van der Waals surface area contributed by atoms with Gasteiger partial charge in [-0.05, 0) is 11.3 Å². The molecule has 0 radical (unpaired) electrons. The first-order valence-corrected chi connectivity index (χ1v) is 8.65. The maximum Gasteiger partial charge on any atom is 0.221 e. The van der Waals surface area contributed by atoms with E-state index < -0.39 is 10.0 Å². The summed E-state index contributed by atoms with van der Waals surface area (Å²) in [4.78, 5) is 7.17. The van der Waals surface area contributed by atoms with E-state index in [1.54, 1.807) is 18.2 Å². The predicted molar refractivity (Wildman–Crippen MR) is 81.5 cm³/mol. The van der Waals surface area contributed by atoms with Crippen molar-refractivity contribution in [2.24, 2.45) is 0 Å². The van der Waals surface area contributed by atoms with Crippen molar-refractivity contribution in [1.29, 1.82) is 0 Å². The van der Waals surface area contributed by atoms with Crippen LogP contribution in [0.25, 0.3) is 9.69 Å². The molecule has 0 aliphatic heterocycles. The fourth-order valence-corrected chi connectivity index (χ4v) is 3.68. The number of thioether (sulfide) groups is 1. The summed E-state index contributed by atoms with van der Waals surface area (Å²) in [6.07, 6.45) is 1.74. The molecule has 7 heteroatoms. The largest absolute Gasteiger partial charge is 0.250 e. The molecule has 0 spiro atoms. The van der Waals surface area contributed by atoms with E-state index in [2.05, 4.69) is 14.4 Å². The van der Waals surface area contributed by atoms with Crippen LogP contribution in [0.2, 0.25) is 0 Å². The van der Waals surface area contributed by atoms with Crippen LogP contribution in [-0.2, 0) is 10.0 Å². The molecule has 1 rings (SSSR count). The van der Waals surface area contributed by atoms with Crippen molar-refractivity contribution in [2.45, 2.75) is 24.7 Å². The lowest BCUT2D eigenvalue weighted by Crippen LogP contribution is -2.26. The van der Waals surface area contributed by atoms with E-state index in [1.807, 2.05) is 6.92 Å². The number of nitrogens with one attached hydrogen (secondary N) is 1. The van der Waals surface area contributed by atoms with Gasteiger partial charge in [0.05, 0.1) is 13.1 Å². The number of sulfonamides is 1. The minimum Gasteiger partial charge on any atom is -0.250 e. The number of hydrogen-bond donors (Lipinski definition) is 1. The van der Waals surface area contributed by atoms with Gasteiger partial charge in [0.15, 0.2) is 11.4 Å². The standard InChI is InChI=1S/C13H15N3O2S2/c1-4-5-8-16-20(17,18)10-19-11-6-7-12(14-2)13(9-11)15-3/h6-7,9,16H,4-5,8,10H2,1H3. The van der Waals surface area contributed by atoms with E-state index in [1.165, 1.54) is 0 Å². The molecule has 0 bridgehead atoms. The third-order valence-electron chi connectivity index (χ3n) is 2.42. The predicted octanol–water partition coefficient (Wildman–Crippen LogP) is 3.56. The molecule has 0 aliphatic carbocycles. The molecule has 1 N–H and O–H groups in total. The topological polar surface area (TPSA) is 54.9 Å². The highest BCUT2D eigenvalue weighted by molar-refractivity contribution is 8.11. The Hall–Kier alpha value is -1.54. The minimum atomic E-state index is -3.31. The molecule has 0 atom stereocenters. The van der Waals surface area contributed by atoms with Crippen molar-refractivity contribution >= 4 is 33.2 Å². The zero-order valence-corrected chi connectivity index (χ0v) is 12.7. The maximum atomic E-state index is 11.7. The van der Waals surface area contributed by atoms with E-state index >= 15 is 0 Å². The first kappa shape index (κ1) is 16.5. The monoisotopic (exact) mass is 309 g/mol. The first-order valence-electron chi connectivity index (χ1n) is 6.01. The van der Waals surface area contributed by atoms with Crippen LogP contribution in [0, 0.1) is 13.1 Å². The van der Waals surface area contributed by atoms with Gasteiger partial charge in [0.1, 0.15) is 5.08 Å². The summed E-state index contributed by atoms with van der Waals surface area (Å²) < 4.78 is 26.0. The molecule has 0 fully saturated rings. The molecular weight excluding hydrogens is 294 g/mol. The lowest BCUT2D eigenvalue weighted by Gasteiger charge is -2.06. The van der Waals surface area contributed by atoms with Crippen LogP contribution < -0.4 is 4.72 Å². The van der Waals surface area contributed by atoms with Gasteiger partial charge in [-0.25, -0.2) is 13.1 Å². The Kier molecular flexibility index (Phi) is 6.53. The van der Waals surface area contributed by atoms with Gasteiger partial charge in [-0.15, -0.1) is 11.8 Å². The van der Waals surface area contributed by atoms with Crippen LogP contribution >= 0.6 is 11.8 Å². The van der Waals surface area contributed by atoms with Crippen LogP contribution in [0.4, 0.5) is 11.4 Å². The third kappa shape index (κ3) is 5.22. The molecule has 0 saturated heterocycles. The number of nitrogens with zero attached hydrogens (tertiary/aromatic N) is 2. The summed E-state index contributed by atoms with van der Waals surface area (Å²) in [7, 11) is -3.31. The molecule has 0 saturated carbocycles. The normalized spacial score (nSPS) is 10.8. The number of unbranched alkanes of at least 4 members (excludes halogenated alkanes) is 1. The van der Waals surface area contributed by atoms with Gasteiger partial charge < -0.3 is 0 Å². The van der Waals surface area contributed by atoms with E-state index in [0.717, 1.165) is 24.6 Å². The molecule has 5 nitrogen and oxygen atoms in total. The maximum absolute atomic E-state index is 11.7. The van der Waals surface area contributed by atoms with Gasteiger partial charge >= 0.3 is 0 Å². The van der Waals surface area contributed by atoms with Gasteiger partial charge in [0, 0.05) is 6.54 Å². The summed E-state index contributed by atoms with van der Waals surface area (Å²) in [6.45, 7) is 16.4. The molecule has 0 amide bonds. The van der Waals surface area contributed by atoms with Crippen LogP contribution in [0.3, 0.4) is 0 Å². The van der Waals surface area contributed by atoms with Gasteiger partial charge in [0.2, 0.25) is 10.0 Å². The first-order chi connectivity index (χ1) is 9.52. The molecule has 20 heavy (non-hydrogen) atoms. The molecule has 106 valence electrons. The van der Waals surface area contributed by atoms with Crippen LogP contribution in [0.1, 0.15) is 19.8 Å². The SMILES string of the molecule is [C-]#[N+]c1ccc(SCS(=O)(=O)NCCCC)cc1[N+]#[C-]. The molecule has 1 aromatic rings. The average Bonchev–Trinajstić information content (AvgIpc) is 2.45. The molecule has 0 heterocycles. The van der Waals surface area contributed by atoms with Gasteiger partial charge in [-0.3, -0.25) is 9.69 Å². The highest BCUT2D eigenvalue weighted by Crippen LogP contribution is 2.33. The van der Waals surface area contributed by atoms with Gasteiger partial charge in [0.25, 0.3) is 0 Å². The summed E-state index contributed by atoms with van der Waals surface area (Å²) in [5.41, 5.74) is 0.537. The average molecular weight is 309 g/mol. The second-order valence-electron chi connectivity index (χ2n) is 4.00. The Labute approximate surface area is 124 Å². The number of rotatable bonds is 7. The summed E-state index contributed by atoms with van der Waals surface area (Å²) in [5, 5.41) is -0.0917. The summed E-state index contributed by atoms with van der Waals surface area (Å²) in [5.74, 6) is 0. The van der Waals surface area contributed by atoms with E-state index in [-0.39, 0.29) is 16.5 Å². The lowest BCUT2D eigenvalue weighted by atomic mass is 10.3. The van der Waals surface area contributed by atoms with Crippen LogP contribution in [0.15, 0.2) is 23.1 Å². The summed E-state index contributed by atoms with van der Waals surface area (Å²) in [6, 6.07) is 4.75. The Morgan fingerprint density at radius 2 is 1.95 bits per heavy atom. The highest BCUT2D eigenvalue weighted by Gasteiger charge is 2.11. The second kappa shape index (κ2) is 7.91. The van der Waals surface area contributed by atoms with Crippen molar-refractivity contribution < 1.29 is 8.42 Å². The Balaban J connectivity index is 2.67. The number of benzene rings is 1. The Morgan fingerprint density at radius 3 is 2.55 bits per heavy atom. The van der Waals surface area contributed by atoms with Crippen molar-refractivity contribution in [1.82, 2.24) is 4.72 Å². The zero-order valence-electron chi connectivity index (χ0n) is 11.1. The zero-order chi connectivity index (χ0) is 15.0. The van der Waals surface area contributed by atoms with Crippen molar-refractivity contribution in [3.05, 3.63) is 41.0 Å². The van der Waals surface area contributed by atoms with Crippen LogP contribution in [-0.4, -0.2) is 20.0 Å². The lowest BCUT2D eigenvalue weighted by molar-refractivity contribution is 0.583. The molecule has 0 aromatic heterocycles. The van der Waals surface area contributed by atoms with E-state index in [0.29, 0.717) is 11.4 Å². The molecule has 1 aromatic carbocycles. The van der Waals surface area contributed by atoms with Crippen molar-refractivity contribution in [3.8, 4) is 0 Å². The van der Waals surface area contributed by atoms with Crippen LogP contribution in [0.5, 0.6) is 0 Å². The fourth-order valence-electron chi connectivity index (χ4n) is 1.37. The molecular formula is C13H15N3O2S2. The number of hydrogen-bond acceptors (Lipinski definition) is 3. The quantitative estimate of drug-likeness (QED) is 0.476. The Morgan fingerprint density at radius 1 is 1.25 bits per heavy atom. The van der Waals surface area contributed by atoms with E-state index in [9.17, 15) is 8.42 Å². The Bertz CT molecular complexity index is 643. The van der Waals surface area contributed by atoms with Gasteiger partial charge in [-0.2, -0.15) is 0 Å². The van der Waals surface area contributed by atoms with Gasteiger partial charge in [-0.1, -0.05) is 31.5 Å². The second-order valence-corrected chi connectivity index (χ2v) is 7.22. The molecule has 0 aliphatic rings. The van der Waals surface area contributed by atoms with Crippen molar-refractivity contribution in [3.63, 3.8) is 0 Å². The fraction of sp³-hybridized carbons (Fsp3) is 0.385. The molecule has 0 unspecified atom stereocenters. The minimum absolute atomic E-state index is 0.0917. The van der Waals surface area contributed by atoms with Crippen molar-refractivity contribution in [2.75, 3.05) is 11.6 Å². The smallest absolute Gasteiger partial charge is 0.221 e. The highest BCUT2D eigenvalue weighted by atomic mass is 32.3. The third-order valence-corrected chi connectivity index (χ3v) is 5.36. The van der Waals surface area contributed by atoms with E-state index in [4.69, 9.17) is 13.1 Å². The summed E-state index contributed by atoms with van der Waals surface area (Å²) >= 11 is 1.14.